The highest BCUT2D eigenvalue weighted by Crippen LogP contribution is 2.41. The molecule has 2 aromatic rings. The fraction of sp³-hybridized carbons (Fsp3) is 0.316. The Labute approximate surface area is 150 Å². The number of ether oxygens (including phenoxy) is 2. The minimum atomic E-state index is -0.541. The number of alkyl halides is 1. The van der Waals surface area contributed by atoms with Crippen LogP contribution in [0.15, 0.2) is 30.3 Å². The molecule has 0 saturated heterocycles. The first kappa shape index (κ1) is 18.3. The fourth-order valence-electron chi connectivity index (χ4n) is 2.69. The number of para-hydroxylation sites is 1. The number of hydrogen-bond donors (Lipinski definition) is 1. The summed E-state index contributed by atoms with van der Waals surface area (Å²) >= 11 is 3.44. The molecule has 0 aliphatic rings. The second-order valence-corrected chi connectivity index (χ2v) is 6.15. The van der Waals surface area contributed by atoms with E-state index in [4.69, 9.17) is 9.47 Å². The summed E-state index contributed by atoms with van der Waals surface area (Å²) in [5.41, 5.74) is 2.69. The van der Waals surface area contributed by atoms with Gasteiger partial charge in [-0.05, 0) is 56.0 Å². The highest BCUT2D eigenvalue weighted by Gasteiger charge is 2.25. The number of aromatic hydroxyl groups is 1. The quantitative estimate of drug-likeness (QED) is 0.560. The molecule has 128 valence electrons. The maximum absolute atomic E-state index is 12.3. The third kappa shape index (κ3) is 3.73. The SMILES string of the molecule is CCOC(=O)c1c(C)c(CCBr)c(C)c(Oc2ccccc2)c1O. The Hall–Kier alpha value is -2.01. The Balaban J connectivity index is 2.62. The van der Waals surface area contributed by atoms with Crippen molar-refractivity contribution in [1.29, 1.82) is 0 Å². The van der Waals surface area contributed by atoms with Gasteiger partial charge in [0.1, 0.15) is 11.3 Å². The smallest absolute Gasteiger partial charge is 0.342 e. The van der Waals surface area contributed by atoms with Crippen LogP contribution in [0.25, 0.3) is 0 Å². The highest BCUT2D eigenvalue weighted by molar-refractivity contribution is 9.09. The Morgan fingerprint density at radius 3 is 2.42 bits per heavy atom. The van der Waals surface area contributed by atoms with Gasteiger partial charge in [-0.15, -0.1) is 0 Å². The van der Waals surface area contributed by atoms with Crippen molar-refractivity contribution in [2.75, 3.05) is 11.9 Å². The standard InChI is InChI=1S/C19H21BrO4/c1-4-23-19(22)16-12(2)15(10-11-20)13(3)18(17(16)21)24-14-8-6-5-7-9-14/h5-9,21H,4,10-11H2,1-3H3. The molecule has 4 nitrogen and oxygen atoms in total. The lowest BCUT2D eigenvalue weighted by atomic mass is 9.93. The average Bonchev–Trinajstić information content (AvgIpc) is 2.57. The second kappa shape index (κ2) is 8.20. The van der Waals surface area contributed by atoms with Crippen LogP contribution in [-0.4, -0.2) is 23.0 Å². The molecule has 2 rings (SSSR count). The van der Waals surface area contributed by atoms with Crippen LogP contribution in [0.1, 0.15) is 34.0 Å². The Morgan fingerprint density at radius 1 is 1.17 bits per heavy atom. The van der Waals surface area contributed by atoms with Crippen molar-refractivity contribution in [2.45, 2.75) is 27.2 Å². The summed E-state index contributed by atoms with van der Waals surface area (Å²) in [6.45, 7) is 5.69. The number of phenolic OH excluding ortho intramolecular Hbond substituents is 1. The van der Waals surface area contributed by atoms with E-state index in [9.17, 15) is 9.90 Å². The van der Waals surface area contributed by atoms with Gasteiger partial charge in [-0.1, -0.05) is 34.1 Å². The van der Waals surface area contributed by atoms with E-state index in [-0.39, 0.29) is 17.9 Å². The van der Waals surface area contributed by atoms with Crippen LogP contribution in [-0.2, 0) is 11.2 Å². The van der Waals surface area contributed by atoms with Crippen LogP contribution in [0.5, 0.6) is 17.2 Å². The van der Waals surface area contributed by atoms with Gasteiger partial charge < -0.3 is 14.6 Å². The molecule has 1 N–H and O–H groups in total. The van der Waals surface area contributed by atoms with Gasteiger partial charge in [0.05, 0.1) is 6.61 Å². The van der Waals surface area contributed by atoms with Gasteiger partial charge in [-0.25, -0.2) is 4.79 Å². The van der Waals surface area contributed by atoms with Crippen molar-refractivity contribution in [3.05, 3.63) is 52.6 Å². The first-order valence-electron chi connectivity index (χ1n) is 7.82. The summed E-state index contributed by atoms with van der Waals surface area (Å²) in [7, 11) is 0. The number of phenols is 1. The van der Waals surface area contributed by atoms with E-state index >= 15 is 0 Å². The molecule has 0 spiro atoms. The number of esters is 1. The highest BCUT2D eigenvalue weighted by atomic mass is 79.9. The van der Waals surface area contributed by atoms with Crippen LogP contribution < -0.4 is 4.74 Å². The molecule has 0 unspecified atom stereocenters. The zero-order valence-electron chi connectivity index (χ0n) is 14.1. The molecule has 0 aromatic heterocycles. The van der Waals surface area contributed by atoms with E-state index in [1.165, 1.54) is 0 Å². The summed E-state index contributed by atoms with van der Waals surface area (Å²) in [5, 5.41) is 11.4. The Morgan fingerprint density at radius 2 is 1.83 bits per heavy atom. The fourth-order valence-corrected chi connectivity index (χ4v) is 3.09. The van der Waals surface area contributed by atoms with Crippen LogP contribution in [0.3, 0.4) is 0 Å². The van der Waals surface area contributed by atoms with Crippen molar-refractivity contribution in [3.63, 3.8) is 0 Å². The zero-order chi connectivity index (χ0) is 17.7. The third-order valence-corrected chi connectivity index (χ3v) is 4.26. The molecule has 0 saturated carbocycles. The van der Waals surface area contributed by atoms with E-state index in [1.54, 1.807) is 19.1 Å². The molecule has 0 aliphatic carbocycles. The largest absolute Gasteiger partial charge is 0.504 e. The first-order valence-corrected chi connectivity index (χ1v) is 8.94. The lowest BCUT2D eigenvalue weighted by Crippen LogP contribution is -2.11. The van der Waals surface area contributed by atoms with Crippen molar-refractivity contribution in [1.82, 2.24) is 0 Å². The molecule has 0 aliphatic heterocycles. The monoisotopic (exact) mass is 392 g/mol. The topological polar surface area (TPSA) is 55.8 Å². The first-order chi connectivity index (χ1) is 11.5. The minimum Gasteiger partial charge on any atom is -0.504 e. The van der Waals surface area contributed by atoms with Gasteiger partial charge in [0.2, 0.25) is 0 Å². The molecule has 0 fully saturated rings. The number of carbonyl (C=O) groups is 1. The van der Waals surface area contributed by atoms with Crippen molar-refractivity contribution < 1.29 is 19.4 Å². The number of rotatable bonds is 6. The van der Waals surface area contributed by atoms with Crippen LogP contribution in [0.2, 0.25) is 0 Å². The predicted molar refractivity (Wildman–Crippen MR) is 97.6 cm³/mol. The van der Waals surface area contributed by atoms with Gasteiger partial charge in [0.15, 0.2) is 11.5 Å². The van der Waals surface area contributed by atoms with Crippen molar-refractivity contribution >= 4 is 21.9 Å². The van der Waals surface area contributed by atoms with E-state index in [1.807, 2.05) is 32.0 Å². The molecule has 5 heteroatoms. The second-order valence-electron chi connectivity index (χ2n) is 5.36. The van der Waals surface area contributed by atoms with E-state index < -0.39 is 5.97 Å². The number of halogens is 1. The molecular weight excluding hydrogens is 372 g/mol. The van der Waals surface area contributed by atoms with Gasteiger partial charge in [0, 0.05) is 5.33 Å². The molecule has 0 heterocycles. The van der Waals surface area contributed by atoms with E-state index in [0.29, 0.717) is 11.5 Å². The average molecular weight is 393 g/mol. The third-order valence-electron chi connectivity index (χ3n) is 3.86. The maximum Gasteiger partial charge on any atom is 0.342 e. The molecule has 0 amide bonds. The Kier molecular flexibility index (Phi) is 6.26. The number of benzene rings is 2. The van der Waals surface area contributed by atoms with E-state index in [2.05, 4.69) is 15.9 Å². The predicted octanol–water partition coefficient (Wildman–Crippen LogP) is 4.92. The lowest BCUT2D eigenvalue weighted by Gasteiger charge is -2.20. The lowest BCUT2D eigenvalue weighted by molar-refractivity contribution is 0.0521. The normalized spacial score (nSPS) is 10.5. The van der Waals surface area contributed by atoms with Gasteiger partial charge in [-0.2, -0.15) is 0 Å². The summed E-state index contributed by atoms with van der Waals surface area (Å²) in [6.07, 6.45) is 0.718. The summed E-state index contributed by atoms with van der Waals surface area (Å²) < 4.78 is 11.0. The summed E-state index contributed by atoms with van der Waals surface area (Å²) in [4.78, 5) is 12.3. The molecule has 0 atom stereocenters. The minimum absolute atomic E-state index is 0.171. The van der Waals surface area contributed by atoms with Gasteiger partial charge >= 0.3 is 5.97 Å². The molecule has 0 bridgehead atoms. The summed E-state index contributed by atoms with van der Waals surface area (Å²) in [6, 6.07) is 9.18. The number of carbonyl (C=O) groups excluding carboxylic acids is 1. The van der Waals surface area contributed by atoms with Crippen LogP contribution >= 0.6 is 15.9 Å². The van der Waals surface area contributed by atoms with Crippen molar-refractivity contribution in [3.8, 4) is 17.2 Å². The number of hydrogen-bond acceptors (Lipinski definition) is 4. The van der Waals surface area contributed by atoms with Crippen LogP contribution in [0.4, 0.5) is 0 Å². The summed E-state index contributed by atoms with van der Waals surface area (Å²) in [5.74, 6) is 0.178. The molecule has 24 heavy (non-hydrogen) atoms. The molecule has 2 aromatic carbocycles. The molecular formula is C19H21BrO4. The molecule has 0 radical (unpaired) electrons. The Bertz CT molecular complexity index is 726. The zero-order valence-corrected chi connectivity index (χ0v) is 15.6. The van der Waals surface area contributed by atoms with Gasteiger partial charge in [0.25, 0.3) is 0 Å². The van der Waals surface area contributed by atoms with Crippen molar-refractivity contribution in [2.24, 2.45) is 0 Å². The van der Waals surface area contributed by atoms with E-state index in [0.717, 1.165) is 28.4 Å². The maximum atomic E-state index is 12.3. The van der Waals surface area contributed by atoms with Gasteiger partial charge in [-0.3, -0.25) is 0 Å². The van der Waals surface area contributed by atoms with Crippen LogP contribution in [0, 0.1) is 13.8 Å².